The highest BCUT2D eigenvalue weighted by Crippen LogP contribution is 2.37. The number of methoxy groups -OCH3 is 2. The zero-order chi connectivity index (χ0) is 26.1. The number of hydrogen-bond donors (Lipinski definition) is 0. The molecule has 0 aliphatic carbocycles. The zero-order valence-corrected chi connectivity index (χ0v) is 22.6. The SMILES string of the molecule is COc1ccc(/C=c2\sc3n(c2=O)[C@@H](c2cc(Cl)ccc2OC)C(C(=O)OC(C)C)=C(C)N=3)cc1Cl. The van der Waals surface area contributed by atoms with E-state index in [1.165, 1.54) is 30.1 Å². The summed E-state index contributed by atoms with van der Waals surface area (Å²) in [6.07, 6.45) is 1.37. The molecule has 3 aromatic rings. The second kappa shape index (κ2) is 10.5. The predicted octanol–water partition coefficient (Wildman–Crippen LogP) is 4.51. The predicted molar refractivity (Wildman–Crippen MR) is 141 cm³/mol. The standard InChI is InChI=1S/C26H24Cl2N2O5S/c1-13(2)35-25(32)22-14(3)29-26-30(23(22)17-12-16(27)7-9-19(17)33-4)24(31)21(36-26)11-15-6-8-20(34-5)18(28)10-15/h6-13,23H,1-5H3/b21-11-/t23-/m0/s1. The molecule has 0 saturated heterocycles. The number of halogens is 2. The fourth-order valence-corrected chi connectivity index (χ4v) is 5.49. The molecule has 1 aromatic heterocycles. The van der Waals surface area contributed by atoms with Crippen molar-refractivity contribution >= 4 is 46.6 Å². The minimum atomic E-state index is -0.845. The zero-order valence-electron chi connectivity index (χ0n) is 20.3. The van der Waals surface area contributed by atoms with Gasteiger partial charge in [0.2, 0.25) is 0 Å². The van der Waals surface area contributed by atoms with Crippen LogP contribution in [-0.4, -0.2) is 30.9 Å². The van der Waals surface area contributed by atoms with Crippen molar-refractivity contribution in [1.82, 2.24) is 4.57 Å². The van der Waals surface area contributed by atoms with E-state index in [1.54, 1.807) is 63.2 Å². The first-order chi connectivity index (χ1) is 17.1. The molecule has 188 valence electrons. The number of thiazole rings is 1. The third kappa shape index (κ3) is 4.93. The van der Waals surface area contributed by atoms with E-state index in [4.69, 9.17) is 37.4 Å². The van der Waals surface area contributed by atoms with Gasteiger partial charge in [-0.15, -0.1) is 0 Å². The highest BCUT2D eigenvalue weighted by Gasteiger charge is 2.35. The second-order valence-electron chi connectivity index (χ2n) is 8.32. The lowest BCUT2D eigenvalue weighted by molar-refractivity contribution is -0.143. The van der Waals surface area contributed by atoms with Crippen LogP contribution in [0.3, 0.4) is 0 Å². The van der Waals surface area contributed by atoms with Gasteiger partial charge in [0.15, 0.2) is 4.80 Å². The number of hydrogen-bond acceptors (Lipinski definition) is 7. The van der Waals surface area contributed by atoms with Crippen molar-refractivity contribution in [2.45, 2.75) is 32.9 Å². The number of esters is 1. The Labute approximate surface area is 221 Å². The van der Waals surface area contributed by atoms with Crippen LogP contribution in [0.15, 0.2) is 57.5 Å². The third-order valence-electron chi connectivity index (χ3n) is 5.54. The molecule has 0 amide bonds. The van der Waals surface area contributed by atoms with Gasteiger partial charge < -0.3 is 14.2 Å². The molecule has 7 nitrogen and oxygen atoms in total. The molecule has 2 aromatic carbocycles. The molecule has 1 aliphatic heterocycles. The van der Waals surface area contributed by atoms with Gasteiger partial charge in [0, 0.05) is 10.6 Å². The number of carbonyl (C=O) groups is 1. The van der Waals surface area contributed by atoms with E-state index in [1.807, 2.05) is 0 Å². The Morgan fingerprint density at radius 2 is 1.81 bits per heavy atom. The summed E-state index contributed by atoms with van der Waals surface area (Å²) in [6.45, 7) is 5.25. The van der Waals surface area contributed by atoms with Gasteiger partial charge in [0.05, 0.1) is 41.1 Å². The summed E-state index contributed by atoms with van der Waals surface area (Å²) in [7, 11) is 3.06. The van der Waals surface area contributed by atoms with Crippen LogP contribution < -0.4 is 24.4 Å². The number of carbonyl (C=O) groups excluding carboxylic acids is 1. The minimum absolute atomic E-state index is 0.246. The number of rotatable bonds is 6. The molecule has 1 atom stereocenters. The van der Waals surface area contributed by atoms with Crippen molar-refractivity contribution in [2.24, 2.45) is 4.99 Å². The van der Waals surface area contributed by atoms with E-state index < -0.39 is 12.0 Å². The van der Waals surface area contributed by atoms with Crippen molar-refractivity contribution in [3.8, 4) is 11.5 Å². The second-order valence-corrected chi connectivity index (χ2v) is 10.2. The summed E-state index contributed by atoms with van der Waals surface area (Å²) in [4.78, 5) is 32.0. The monoisotopic (exact) mass is 546 g/mol. The van der Waals surface area contributed by atoms with Crippen molar-refractivity contribution in [3.05, 3.63) is 88.5 Å². The Kier molecular flexibility index (Phi) is 7.59. The van der Waals surface area contributed by atoms with Gasteiger partial charge in [0.25, 0.3) is 5.56 Å². The molecule has 1 aliphatic rings. The molecule has 0 saturated carbocycles. The summed E-state index contributed by atoms with van der Waals surface area (Å²) in [5.41, 5.74) is 1.65. The molecule has 0 unspecified atom stereocenters. The van der Waals surface area contributed by atoms with Gasteiger partial charge >= 0.3 is 5.97 Å². The lowest BCUT2D eigenvalue weighted by Gasteiger charge is -2.26. The minimum Gasteiger partial charge on any atom is -0.496 e. The number of benzene rings is 2. The molecule has 0 N–H and O–H groups in total. The van der Waals surface area contributed by atoms with Crippen LogP contribution in [0, 0.1) is 0 Å². The fourth-order valence-electron chi connectivity index (χ4n) is 4.00. The average Bonchev–Trinajstić information content (AvgIpc) is 3.12. The summed E-state index contributed by atoms with van der Waals surface area (Å²) < 4.78 is 18.2. The average molecular weight is 547 g/mol. The Hall–Kier alpha value is -3.07. The number of ether oxygens (including phenoxy) is 3. The van der Waals surface area contributed by atoms with E-state index in [0.717, 1.165) is 5.56 Å². The van der Waals surface area contributed by atoms with Crippen molar-refractivity contribution in [3.63, 3.8) is 0 Å². The van der Waals surface area contributed by atoms with Crippen LogP contribution in [0.2, 0.25) is 10.0 Å². The highest BCUT2D eigenvalue weighted by molar-refractivity contribution is 7.07. The van der Waals surface area contributed by atoms with Gasteiger partial charge in [-0.25, -0.2) is 9.79 Å². The van der Waals surface area contributed by atoms with E-state index in [0.29, 0.717) is 42.1 Å². The largest absolute Gasteiger partial charge is 0.496 e. The van der Waals surface area contributed by atoms with E-state index in [2.05, 4.69) is 4.99 Å². The highest BCUT2D eigenvalue weighted by atomic mass is 35.5. The molecule has 4 rings (SSSR count). The molecule has 0 bridgehead atoms. The van der Waals surface area contributed by atoms with Gasteiger partial charge in [-0.2, -0.15) is 0 Å². The van der Waals surface area contributed by atoms with Gasteiger partial charge in [-0.05, 0) is 62.7 Å². The first-order valence-corrected chi connectivity index (χ1v) is 12.6. The first kappa shape index (κ1) is 26.0. The van der Waals surface area contributed by atoms with Gasteiger partial charge in [-0.3, -0.25) is 9.36 Å². The van der Waals surface area contributed by atoms with Crippen LogP contribution in [0.5, 0.6) is 11.5 Å². The van der Waals surface area contributed by atoms with E-state index >= 15 is 0 Å². The van der Waals surface area contributed by atoms with Crippen LogP contribution in [-0.2, 0) is 9.53 Å². The van der Waals surface area contributed by atoms with Crippen molar-refractivity contribution in [2.75, 3.05) is 14.2 Å². The summed E-state index contributed by atoms with van der Waals surface area (Å²) in [6, 6.07) is 9.48. The number of aromatic nitrogens is 1. The Morgan fingerprint density at radius 1 is 1.11 bits per heavy atom. The molecule has 0 radical (unpaired) electrons. The topological polar surface area (TPSA) is 79.1 Å². The number of allylic oxidation sites excluding steroid dienone is 1. The maximum atomic E-state index is 13.8. The van der Waals surface area contributed by atoms with Gasteiger partial charge in [-0.1, -0.05) is 40.6 Å². The lowest BCUT2D eigenvalue weighted by atomic mass is 9.95. The molecular formula is C26H24Cl2N2O5S. The van der Waals surface area contributed by atoms with Crippen LogP contribution in [0.25, 0.3) is 6.08 Å². The van der Waals surface area contributed by atoms with Gasteiger partial charge in [0.1, 0.15) is 17.5 Å². The molecule has 10 heteroatoms. The fraction of sp³-hybridized carbons (Fsp3) is 0.269. The normalized spacial score (nSPS) is 15.6. The molecule has 2 heterocycles. The summed E-state index contributed by atoms with van der Waals surface area (Å²) >= 11 is 13.8. The summed E-state index contributed by atoms with van der Waals surface area (Å²) in [5.74, 6) is 0.451. The van der Waals surface area contributed by atoms with Crippen molar-refractivity contribution in [1.29, 1.82) is 0 Å². The van der Waals surface area contributed by atoms with Crippen LogP contribution >= 0.6 is 34.5 Å². The number of nitrogens with zero attached hydrogens (tertiary/aromatic N) is 2. The van der Waals surface area contributed by atoms with E-state index in [-0.39, 0.29) is 17.2 Å². The van der Waals surface area contributed by atoms with E-state index in [9.17, 15) is 9.59 Å². The smallest absolute Gasteiger partial charge is 0.338 e. The maximum absolute atomic E-state index is 13.8. The molecular weight excluding hydrogens is 523 g/mol. The lowest BCUT2D eigenvalue weighted by Crippen LogP contribution is -2.40. The maximum Gasteiger partial charge on any atom is 0.338 e. The molecule has 36 heavy (non-hydrogen) atoms. The Morgan fingerprint density at radius 3 is 2.44 bits per heavy atom. The quantitative estimate of drug-likeness (QED) is 0.425. The van der Waals surface area contributed by atoms with Crippen molar-refractivity contribution < 1.29 is 19.0 Å². The summed E-state index contributed by atoms with van der Waals surface area (Å²) in [5, 5.41) is 0.863. The first-order valence-electron chi connectivity index (χ1n) is 11.0. The Bertz CT molecular complexity index is 1560. The number of fused-ring (bicyclic) bond motifs is 1. The third-order valence-corrected chi connectivity index (χ3v) is 7.06. The van der Waals surface area contributed by atoms with Crippen LogP contribution in [0.1, 0.15) is 37.9 Å². The Balaban J connectivity index is 1.98. The molecule has 0 fully saturated rings. The molecule has 0 spiro atoms. The van der Waals surface area contributed by atoms with Crippen LogP contribution in [0.4, 0.5) is 0 Å².